The van der Waals surface area contributed by atoms with Crippen molar-refractivity contribution in [2.45, 2.75) is 18.9 Å². The molecule has 0 aliphatic carbocycles. The zero-order valence-electron chi connectivity index (χ0n) is 12.9. The van der Waals surface area contributed by atoms with E-state index in [4.69, 9.17) is 16.3 Å². The van der Waals surface area contributed by atoms with E-state index in [0.29, 0.717) is 30.0 Å². The highest BCUT2D eigenvalue weighted by atomic mass is 35.5. The van der Waals surface area contributed by atoms with Gasteiger partial charge in [-0.15, -0.1) is 0 Å². The van der Waals surface area contributed by atoms with Crippen LogP contribution in [0.1, 0.15) is 23.7 Å². The molecule has 0 heterocycles. The Kier molecular flexibility index (Phi) is 6.56. The van der Waals surface area contributed by atoms with Crippen LogP contribution < -0.4 is 5.32 Å². The van der Waals surface area contributed by atoms with Crippen molar-refractivity contribution in [3.05, 3.63) is 70.5 Å². The average molecular weight is 336 g/mol. The van der Waals surface area contributed by atoms with Crippen molar-refractivity contribution in [1.82, 2.24) is 5.32 Å². The number of hydrogen-bond acceptors (Lipinski definition) is 2. The summed E-state index contributed by atoms with van der Waals surface area (Å²) >= 11 is 5.91. The minimum absolute atomic E-state index is 0.0802. The van der Waals surface area contributed by atoms with Gasteiger partial charge in [-0.2, -0.15) is 0 Å². The Morgan fingerprint density at radius 1 is 1.26 bits per heavy atom. The van der Waals surface area contributed by atoms with E-state index >= 15 is 0 Å². The molecular weight excluding hydrogens is 317 g/mol. The van der Waals surface area contributed by atoms with Gasteiger partial charge < -0.3 is 10.1 Å². The fraction of sp³-hybridized carbons (Fsp3) is 0.278. The first-order valence-electron chi connectivity index (χ1n) is 7.38. The molecule has 2 aromatic carbocycles. The Morgan fingerprint density at radius 3 is 2.74 bits per heavy atom. The molecule has 3 nitrogen and oxygen atoms in total. The van der Waals surface area contributed by atoms with E-state index in [-0.39, 0.29) is 17.8 Å². The smallest absolute Gasteiger partial charge is 0.220 e. The second kappa shape index (κ2) is 8.65. The molecular formula is C18H19ClFNO2. The second-order valence-corrected chi connectivity index (χ2v) is 5.65. The fourth-order valence-corrected chi connectivity index (χ4v) is 2.50. The zero-order valence-corrected chi connectivity index (χ0v) is 13.6. The van der Waals surface area contributed by atoms with Crippen LogP contribution in [-0.2, 0) is 16.0 Å². The lowest BCUT2D eigenvalue weighted by atomic mass is 10.1. The van der Waals surface area contributed by atoms with Gasteiger partial charge in [0.05, 0.1) is 6.10 Å². The van der Waals surface area contributed by atoms with Gasteiger partial charge in [-0.3, -0.25) is 4.79 Å². The van der Waals surface area contributed by atoms with Crippen LogP contribution in [0.5, 0.6) is 0 Å². The Hall–Kier alpha value is -1.91. The molecule has 2 rings (SSSR count). The Morgan fingerprint density at radius 2 is 2.04 bits per heavy atom. The van der Waals surface area contributed by atoms with Crippen LogP contribution in [0.25, 0.3) is 0 Å². The van der Waals surface area contributed by atoms with E-state index in [0.717, 1.165) is 5.56 Å². The minimum Gasteiger partial charge on any atom is -0.375 e. The number of nitrogens with one attached hydrogen (secondary N) is 1. The van der Waals surface area contributed by atoms with Crippen LogP contribution in [0, 0.1) is 5.82 Å². The molecule has 1 N–H and O–H groups in total. The standard InChI is InChI=1S/C18H19ClFNO2/c1-23-17(14-5-3-7-16(20)11-14)12-21-18(22)9-8-13-4-2-6-15(19)10-13/h2-7,10-11,17H,8-9,12H2,1H3,(H,21,22). The largest absolute Gasteiger partial charge is 0.375 e. The van der Waals surface area contributed by atoms with Gasteiger partial charge in [0.25, 0.3) is 0 Å². The van der Waals surface area contributed by atoms with Crippen molar-refractivity contribution in [1.29, 1.82) is 0 Å². The molecule has 0 aromatic heterocycles. The maximum absolute atomic E-state index is 13.3. The van der Waals surface area contributed by atoms with E-state index in [1.807, 2.05) is 18.2 Å². The minimum atomic E-state index is -0.374. The van der Waals surface area contributed by atoms with Crippen LogP contribution in [-0.4, -0.2) is 19.6 Å². The summed E-state index contributed by atoms with van der Waals surface area (Å²) in [7, 11) is 1.54. The number of amides is 1. The SMILES string of the molecule is COC(CNC(=O)CCc1cccc(Cl)c1)c1cccc(F)c1. The maximum atomic E-state index is 13.3. The van der Waals surface area contributed by atoms with Gasteiger partial charge in [0.2, 0.25) is 5.91 Å². The molecule has 1 amide bonds. The predicted molar refractivity (Wildman–Crippen MR) is 88.9 cm³/mol. The van der Waals surface area contributed by atoms with E-state index in [1.54, 1.807) is 18.2 Å². The summed E-state index contributed by atoms with van der Waals surface area (Å²) in [5, 5.41) is 3.48. The molecule has 1 unspecified atom stereocenters. The third-order valence-corrected chi connectivity index (χ3v) is 3.75. The molecule has 0 aliphatic rings. The first-order valence-corrected chi connectivity index (χ1v) is 7.75. The molecule has 0 bridgehead atoms. The average Bonchev–Trinajstić information content (AvgIpc) is 2.54. The molecule has 23 heavy (non-hydrogen) atoms. The zero-order chi connectivity index (χ0) is 16.7. The summed E-state index contributed by atoms with van der Waals surface area (Å²) < 4.78 is 18.6. The van der Waals surface area contributed by atoms with E-state index in [2.05, 4.69) is 5.32 Å². The highest BCUT2D eigenvalue weighted by Gasteiger charge is 2.12. The fourth-order valence-electron chi connectivity index (χ4n) is 2.29. The van der Waals surface area contributed by atoms with Crippen molar-refractivity contribution in [2.24, 2.45) is 0 Å². The molecule has 122 valence electrons. The van der Waals surface area contributed by atoms with Crippen LogP contribution >= 0.6 is 11.6 Å². The highest BCUT2D eigenvalue weighted by Crippen LogP contribution is 2.17. The normalized spacial score (nSPS) is 12.0. The lowest BCUT2D eigenvalue weighted by molar-refractivity contribution is -0.121. The number of aryl methyl sites for hydroxylation is 1. The van der Waals surface area contributed by atoms with E-state index in [9.17, 15) is 9.18 Å². The number of carbonyl (C=O) groups excluding carboxylic acids is 1. The van der Waals surface area contributed by atoms with Crippen molar-refractivity contribution in [2.75, 3.05) is 13.7 Å². The summed E-state index contributed by atoms with van der Waals surface area (Å²) in [6, 6.07) is 13.6. The summed E-state index contributed by atoms with van der Waals surface area (Å²) in [5.74, 6) is -0.403. The first kappa shape index (κ1) is 17.4. The van der Waals surface area contributed by atoms with Crippen LogP contribution in [0.15, 0.2) is 48.5 Å². The lowest BCUT2D eigenvalue weighted by Gasteiger charge is -2.16. The first-order chi connectivity index (χ1) is 11.1. The predicted octanol–water partition coefficient (Wildman–Crippen LogP) is 3.92. The van der Waals surface area contributed by atoms with Gasteiger partial charge in [0.15, 0.2) is 0 Å². The van der Waals surface area contributed by atoms with Crippen molar-refractivity contribution < 1.29 is 13.9 Å². The van der Waals surface area contributed by atoms with Gasteiger partial charge in [-0.1, -0.05) is 35.9 Å². The molecule has 0 saturated carbocycles. The number of halogens is 2. The monoisotopic (exact) mass is 335 g/mol. The number of benzene rings is 2. The molecule has 0 radical (unpaired) electrons. The Bertz CT molecular complexity index is 663. The lowest BCUT2D eigenvalue weighted by Crippen LogP contribution is -2.29. The summed E-state index contributed by atoms with van der Waals surface area (Å²) in [5.41, 5.74) is 1.71. The van der Waals surface area contributed by atoms with E-state index in [1.165, 1.54) is 19.2 Å². The Balaban J connectivity index is 1.83. The number of methoxy groups -OCH3 is 1. The van der Waals surface area contributed by atoms with Gasteiger partial charge in [-0.05, 0) is 41.8 Å². The molecule has 0 saturated heterocycles. The van der Waals surface area contributed by atoms with Crippen molar-refractivity contribution >= 4 is 17.5 Å². The molecule has 0 fully saturated rings. The quantitative estimate of drug-likeness (QED) is 0.833. The molecule has 1 atom stereocenters. The van der Waals surface area contributed by atoms with Gasteiger partial charge >= 0.3 is 0 Å². The van der Waals surface area contributed by atoms with Crippen LogP contribution in [0.3, 0.4) is 0 Å². The third kappa shape index (κ3) is 5.66. The van der Waals surface area contributed by atoms with Crippen LogP contribution in [0.2, 0.25) is 5.02 Å². The van der Waals surface area contributed by atoms with Crippen molar-refractivity contribution in [3.8, 4) is 0 Å². The van der Waals surface area contributed by atoms with E-state index < -0.39 is 0 Å². The molecule has 0 aliphatic heterocycles. The van der Waals surface area contributed by atoms with Gasteiger partial charge in [-0.25, -0.2) is 4.39 Å². The number of hydrogen-bond donors (Lipinski definition) is 1. The maximum Gasteiger partial charge on any atom is 0.220 e. The van der Waals surface area contributed by atoms with Gasteiger partial charge in [0, 0.05) is 25.1 Å². The second-order valence-electron chi connectivity index (χ2n) is 5.21. The Labute approximate surface area is 140 Å². The number of carbonyl (C=O) groups is 1. The highest BCUT2D eigenvalue weighted by molar-refractivity contribution is 6.30. The van der Waals surface area contributed by atoms with Crippen molar-refractivity contribution in [3.63, 3.8) is 0 Å². The number of ether oxygens (including phenoxy) is 1. The third-order valence-electron chi connectivity index (χ3n) is 3.52. The molecule has 5 heteroatoms. The topological polar surface area (TPSA) is 38.3 Å². The molecule has 0 spiro atoms. The summed E-state index contributed by atoms with van der Waals surface area (Å²) in [6.07, 6.45) is 0.602. The number of rotatable bonds is 7. The van der Waals surface area contributed by atoms with Gasteiger partial charge in [0.1, 0.15) is 5.82 Å². The molecule has 2 aromatic rings. The summed E-state index contributed by atoms with van der Waals surface area (Å²) in [4.78, 5) is 11.9. The summed E-state index contributed by atoms with van der Waals surface area (Å²) in [6.45, 7) is 0.300. The van der Waals surface area contributed by atoms with Crippen LogP contribution in [0.4, 0.5) is 4.39 Å².